The van der Waals surface area contributed by atoms with Crippen molar-refractivity contribution in [2.75, 3.05) is 4.90 Å². The Hall–Kier alpha value is -5.55. The lowest BCUT2D eigenvalue weighted by Crippen LogP contribution is -2.36. The van der Waals surface area contributed by atoms with Crippen molar-refractivity contribution in [2.24, 2.45) is 0 Å². The molecule has 4 heterocycles. The molecule has 0 saturated heterocycles. The van der Waals surface area contributed by atoms with Gasteiger partial charge in [-0.15, -0.1) is 0 Å². The summed E-state index contributed by atoms with van der Waals surface area (Å²) < 4.78 is 9.13. The highest BCUT2D eigenvalue weighted by Crippen LogP contribution is 2.42. The quantitative estimate of drug-likeness (QED) is 0.181. The molecular weight excluding hydrogens is 637 g/mol. The maximum absolute atomic E-state index is 6.86. The van der Waals surface area contributed by atoms with Crippen molar-refractivity contribution >= 4 is 33.2 Å². The van der Waals surface area contributed by atoms with Crippen LogP contribution in [0.3, 0.4) is 0 Å². The van der Waals surface area contributed by atoms with Crippen molar-refractivity contribution in [2.45, 2.75) is 79.3 Å². The average Bonchev–Trinajstić information content (AvgIpc) is 3.63. The second-order valence-corrected chi connectivity index (χ2v) is 16.5. The fourth-order valence-corrected chi connectivity index (χ4v) is 7.85. The van der Waals surface area contributed by atoms with Crippen LogP contribution in [0.15, 0.2) is 122 Å². The predicted octanol–water partition coefficient (Wildman–Crippen LogP) is 12.0. The van der Waals surface area contributed by atoms with Gasteiger partial charge in [0.05, 0.1) is 16.7 Å². The molecule has 4 aromatic carbocycles. The summed E-state index contributed by atoms with van der Waals surface area (Å²) in [6.07, 6.45) is 13.0. The molecule has 0 aliphatic carbocycles. The van der Waals surface area contributed by atoms with Crippen molar-refractivity contribution < 1.29 is 4.74 Å². The van der Waals surface area contributed by atoms with Gasteiger partial charge in [-0.25, -0.2) is 4.98 Å². The van der Waals surface area contributed by atoms with Gasteiger partial charge < -0.3 is 14.5 Å². The van der Waals surface area contributed by atoms with Crippen molar-refractivity contribution in [3.8, 4) is 17.3 Å². The minimum atomic E-state index is -0.0890. The first kappa shape index (κ1) is 33.6. The maximum Gasteiger partial charge on any atom is 0.137 e. The number of para-hydroxylation sites is 1. The van der Waals surface area contributed by atoms with Crippen LogP contribution in [0.4, 0.5) is 5.69 Å². The number of anilines is 1. The van der Waals surface area contributed by atoms with Crippen LogP contribution in [-0.4, -0.2) is 20.6 Å². The molecule has 8 rings (SSSR count). The average molecular weight is 685 g/mol. The highest BCUT2D eigenvalue weighted by Gasteiger charge is 2.34. The molecule has 0 N–H and O–H groups in total. The molecule has 0 radical (unpaired) electrons. The van der Waals surface area contributed by atoms with Crippen molar-refractivity contribution in [1.82, 2.24) is 14.5 Å². The van der Waals surface area contributed by atoms with Crippen LogP contribution in [0, 0.1) is 20.8 Å². The summed E-state index contributed by atoms with van der Waals surface area (Å²) in [4.78, 5) is 9.66. The molecule has 2 aromatic heterocycles. The molecule has 2 aliphatic heterocycles. The van der Waals surface area contributed by atoms with Gasteiger partial charge >= 0.3 is 0 Å². The summed E-state index contributed by atoms with van der Waals surface area (Å²) in [5.41, 5.74) is 11.9. The summed E-state index contributed by atoms with van der Waals surface area (Å²) in [6, 6.07) is 30.6. The Morgan fingerprint density at radius 2 is 1.38 bits per heavy atom. The lowest BCUT2D eigenvalue weighted by molar-refractivity contribution is 0.468. The zero-order chi connectivity index (χ0) is 36.5. The van der Waals surface area contributed by atoms with E-state index < -0.39 is 0 Å². The monoisotopic (exact) mass is 684 g/mol. The molecule has 52 heavy (non-hydrogen) atoms. The number of hydrogen-bond acceptors (Lipinski definition) is 4. The third-order valence-corrected chi connectivity index (χ3v) is 10.4. The van der Waals surface area contributed by atoms with Crippen molar-refractivity contribution in [1.29, 1.82) is 0 Å². The van der Waals surface area contributed by atoms with Crippen LogP contribution in [0.5, 0.6) is 11.5 Å². The molecule has 0 bridgehead atoms. The SMILES string of the molecule is Cc1cc(C)c(N2C=C(c3cc(Oc4ccc5c6ccccc6n(-c6cc(C(C)(C)C)ccn6)c5c4)cc(C(C)(C)C)c3)N3C=CC=CC32)c(C)c1. The largest absolute Gasteiger partial charge is 0.457 e. The van der Waals surface area contributed by atoms with Gasteiger partial charge in [0.25, 0.3) is 0 Å². The standard InChI is InChI=1S/C47H48N4O/c1-30-22-31(2)45(32(3)23-30)50-29-42(49-21-13-12-16-44(49)50)33-24-35(47(7,8)9)26-37(25-33)52-36-17-18-39-38-14-10-11-15-40(38)51(41(39)28-36)43-27-34(19-20-48-43)46(4,5)6/h10-29,44H,1-9H3. The lowest BCUT2D eigenvalue weighted by Gasteiger charge is -2.33. The summed E-state index contributed by atoms with van der Waals surface area (Å²) in [5.74, 6) is 2.50. The van der Waals surface area contributed by atoms with Crippen molar-refractivity contribution in [3.63, 3.8) is 0 Å². The van der Waals surface area contributed by atoms with Crippen LogP contribution in [0.1, 0.15) is 74.9 Å². The predicted molar refractivity (Wildman–Crippen MR) is 218 cm³/mol. The number of hydrogen-bond donors (Lipinski definition) is 0. The van der Waals surface area contributed by atoms with Gasteiger partial charge in [-0.1, -0.05) is 83.5 Å². The topological polar surface area (TPSA) is 33.5 Å². The van der Waals surface area contributed by atoms with Crippen LogP contribution >= 0.6 is 0 Å². The molecule has 1 unspecified atom stereocenters. The number of aromatic nitrogens is 2. The molecule has 0 spiro atoms. The van der Waals surface area contributed by atoms with E-state index in [1.165, 1.54) is 44.3 Å². The van der Waals surface area contributed by atoms with Crippen LogP contribution in [0.2, 0.25) is 0 Å². The molecule has 5 heteroatoms. The van der Waals surface area contributed by atoms with Crippen molar-refractivity contribution in [3.05, 3.63) is 155 Å². The fourth-order valence-electron chi connectivity index (χ4n) is 7.85. The zero-order valence-corrected chi connectivity index (χ0v) is 31.8. The van der Waals surface area contributed by atoms with Crippen LogP contribution in [-0.2, 0) is 10.8 Å². The van der Waals surface area contributed by atoms with Gasteiger partial charge in [-0.2, -0.15) is 0 Å². The maximum atomic E-state index is 6.86. The van der Waals surface area contributed by atoms with Gasteiger partial charge in [0.1, 0.15) is 23.5 Å². The highest BCUT2D eigenvalue weighted by molar-refractivity contribution is 6.09. The molecule has 2 aliphatic rings. The lowest BCUT2D eigenvalue weighted by atomic mass is 9.85. The van der Waals surface area contributed by atoms with E-state index in [1.807, 2.05) is 6.20 Å². The van der Waals surface area contributed by atoms with E-state index in [4.69, 9.17) is 9.72 Å². The number of pyridine rings is 1. The van der Waals surface area contributed by atoms with Crippen LogP contribution in [0.25, 0.3) is 33.3 Å². The minimum absolute atomic E-state index is 0.00434. The summed E-state index contributed by atoms with van der Waals surface area (Å²) in [6.45, 7) is 20.1. The second kappa shape index (κ2) is 12.3. The molecule has 262 valence electrons. The zero-order valence-electron chi connectivity index (χ0n) is 31.8. The molecular formula is C47H48N4O. The molecule has 6 aromatic rings. The molecule has 5 nitrogen and oxygen atoms in total. The van der Waals surface area contributed by atoms with E-state index in [0.717, 1.165) is 39.6 Å². The van der Waals surface area contributed by atoms with E-state index in [9.17, 15) is 0 Å². The summed E-state index contributed by atoms with van der Waals surface area (Å²) in [7, 11) is 0. The Morgan fingerprint density at radius 3 is 2.13 bits per heavy atom. The smallest absolute Gasteiger partial charge is 0.137 e. The molecule has 0 fully saturated rings. The second-order valence-electron chi connectivity index (χ2n) is 16.5. The third-order valence-electron chi connectivity index (χ3n) is 10.4. The normalized spacial score (nSPS) is 15.9. The number of fused-ring (bicyclic) bond motifs is 4. The summed E-state index contributed by atoms with van der Waals surface area (Å²) >= 11 is 0. The van der Waals surface area contributed by atoms with Gasteiger partial charge in [0, 0.05) is 46.7 Å². The first-order chi connectivity index (χ1) is 24.8. The number of nitrogens with zero attached hydrogens (tertiary/aromatic N) is 4. The Kier molecular flexibility index (Phi) is 7.94. The van der Waals surface area contributed by atoms with E-state index in [2.05, 4.69) is 192 Å². The molecule has 0 saturated carbocycles. The van der Waals surface area contributed by atoms with Gasteiger partial charge in [0.2, 0.25) is 0 Å². The third kappa shape index (κ3) is 5.88. The van der Waals surface area contributed by atoms with Crippen LogP contribution < -0.4 is 9.64 Å². The Morgan fingerprint density at radius 1 is 0.654 bits per heavy atom. The number of rotatable bonds is 5. The Labute approximate surface area is 308 Å². The summed E-state index contributed by atoms with van der Waals surface area (Å²) in [5, 5.41) is 2.36. The van der Waals surface area contributed by atoms with E-state index in [-0.39, 0.29) is 17.0 Å². The van der Waals surface area contributed by atoms with E-state index in [0.29, 0.717) is 0 Å². The van der Waals surface area contributed by atoms with E-state index in [1.54, 1.807) is 0 Å². The molecule has 0 amide bonds. The highest BCUT2D eigenvalue weighted by atomic mass is 16.5. The Balaban J connectivity index is 1.24. The number of aryl methyl sites for hydroxylation is 3. The van der Waals surface area contributed by atoms with Gasteiger partial charge in [-0.05, 0) is 115 Å². The number of allylic oxidation sites excluding steroid dienone is 2. The van der Waals surface area contributed by atoms with Gasteiger partial charge in [0.15, 0.2) is 0 Å². The first-order valence-electron chi connectivity index (χ1n) is 18.3. The van der Waals surface area contributed by atoms with E-state index >= 15 is 0 Å². The number of ether oxygens (including phenoxy) is 1. The molecule has 1 atom stereocenters. The minimum Gasteiger partial charge on any atom is -0.457 e. The van der Waals surface area contributed by atoms with Gasteiger partial charge in [-0.3, -0.25) is 4.57 Å². The number of benzene rings is 4. The fraction of sp³-hybridized carbons (Fsp3) is 0.255. The first-order valence-corrected chi connectivity index (χ1v) is 18.3. The Bertz CT molecular complexity index is 2440.